The van der Waals surface area contributed by atoms with E-state index in [1.54, 1.807) is 11.3 Å². The Kier molecular flexibility index (Phi) is 7.94. The lowest BCUT2D eigenvalue weighted by Crippen LogP contribution is -2.52. The van der Waals surface area contributed by atoms with Crippen molar-refractivity contribution in [2.75, 3.05) is 39.0 Å². The number of amidine groups is 1. The molecule has 2 N–H and O–H groups in total. The van der Waals surface area contributed by atoms with Gasteiger partial charge in [0.1, 0.15) is 5.84 Å². The largest absolute Gasteiger partial charge is 0.390 e. The van der Waals surface area contributed by atoms with Gasteiger partial charge in [0.15, 0.2) is 0 Å². The third-order valence-corrected chi connectivity index (χ3v) is 6.36. The van der Waals surface area contributed by atoms with Gasteiger partial charge in [0, 0.05) is 44.0 Å². The number of carbonyl (C=O) groups is 1. The lowest BCUT2D eigenvalue weighted by molar-refractivity contribution is -0.137. The van der Waals surface area contributed by atoms with Crippen molar-refractivity contribution in [3.8, 4) is 0 Å². The van der Waals surface area contributed by atoms with E-state index in [-0.39, 0.29) is 5.92 Å². The second kappa shape index (κ2) is 9.95. The molecule has 26 heavy (non-hydrogen) atoms. The highest BCUT2D eigenvalue weighted by Gasteiger charge is 2.28. The van der Waals surface area contributed by atoms with Crippen molar-refractivity contribution in [2.24, 2.45) is 10.9 Å². The lowest BCUT2D eigenvalue weighted by Gasteiger charge is -2.38. The maximum absolute atomic E-state index is 12.8. The number of aliphatic imine (C=N–C) groups is 1. The van der Waals surface area contributed by atoms with E-state index in [1.165, 1.54) is 4.88 Å². The van der Waals surface area contributed by atoms with Crippen molar-refractivity contribution in [3.05, 3.63) is 16.5 Å². The first kappa shape index (κ1) is 20.7. The fourth-order valence-electron chi connectivity index (χ4n) is 3.59. The van der Waals surface area contributed by atoms with Crippen molar-refractivity contribution >= 4 is 28.1 Å². The molecule has 146 valence electrons. The predicted molar refractivity (Wildman–Crippen MR) is 112 cm³/mol. The molecule has 0 bridgehead atoms. The number of nitrogen functional groups attached to an aromatic ring is 1. The quantitative estimate of drug-likeness (QED) is 0.582. The molecule has 5 nitrogen and oxygen atoms in total. The minimum absolute atomic E-state index is 0.181. The van der Waals surface area contributed by atoms with E-state index in [0.29, 0.717) is 5.91 Å². The van der Waals surface area contributed by atoms with Gasteiger partial charge in [-0.2, -0.15) is 0 Å². The van der Waals surface area contributed by atoms with Crippen LogP contribution in [0.3, 0.4) is 0 Å². The Bertz CT molecular complexity index is 617. The van der Waals surface area contributed by atoms with Gasteiger partial charge in [-0.05, 0) is 25.3 Å². The summed E-state index contributed by atoms with van der Waals surface area (Å²) in [5.41, 5.74) is 7.27. The summed E-state index contributed by atoms with van der Waals surface area (Å²) in [6.45, 7) is 9.63. The number of hydrogen-bond donors (Lipinski definition) is 1. The van der Waals surface area contributed by atoms with Crippen LogP contribution in [0.15, 0.2) is 11.1 Å². The number of unbranched alkanes of at least 4 members (excludes halogenated alkanes) is 1. The normalized spacial score (nSPS) is 16.8. The zero-order valence-electron chi connectivity index (χ0n) is 16.8. The van der Waals surface area contributed by atoms with E-state index in [9.17, 15) is 4.79 Å². The van der Waals surface area contributed by atoms with Crippen molar-refractivity contribution < 1.29 is 4.79 Å². The molecule has 1 aliphatic rings. The number of thiophene rings is 1. The number of anilines is 1. The summed E-state index contributed by atoms with van der Waals surface area (Å²) in [6.07, 6.45) is 5.22. The van der Waals surface area contributed by atoms with Crippen LogP contribution < -0.4 is 5.73 Å². The van der Waals surface area contributed by atoms with E-state index in [0.717, 1.165) is 74.7 Å². The molecule has 0 unspecified atom stereocenters. The van der Waals surface area contributed by atoms with Crippen molar-refractivity contribution in [1.29, 1.82) is 0 Å². The molecule has 0 aliphatic carbocycles. The Labute approximate surface area is 162 Å². The molecule has 1 fully saturated rings. The summed E-state index contributed by atoms with van der Waals surface area (Å²) in [4.78, 5) is 22.9. The third-order valence-electron chi connectivity index (χ3n) is 5.25. The first-order valence-corrected chi connectivity index (χ1v) is 10.8. The average molecular weight is 379 g/mol. The van der Waals surface area contributed by atoms with Crippen LogP contribution in [0.2, 0.25) is 0 Å². The first-order valence-electron chi connectivity index (χ1n) is 9.94. The number of amides is 1. The Morgan fingerprint density at radius 2 is 1.88 bits per heavy atom. The van der Waals surface area contributed by atoms with Crippen LogP contribution in [0.1, 0.15) is 56.9 Å². The Morgan fingerprint density at radius 3 is 2.38 bits per heavy atom. The van der Waals surface area contributed by atoms with E-state index >= 15 is 0 Å². The van der Waals surface area contributed by atoms with Crippen molar-refractivity contribution in [3.63, 3.8) is 0 Å². The molecule has 0 spiro atoms. The molecule has 2 heterocycles. The van der Waals surface area contributed by atoms with Gasteiger partial charge in [0.25, 0.3) is 0 Å². The van der Waals surface area contributed by atoms with Gasteiger partial charge in [0.05, 0.1) is 10.6 Å². The minimum atomic E-state index is 0.181. The number of nitrogens with zero attached hydrogens (tertiary/aromatic N) is 3. The molecule has 1 atom stereocenters. The number of hydrogen-bond acceptors (Lipinski definition) is 4. The smallest absolute Gasteiger partial charge is 0.225 e. The Hall–Kier alpha value is -1.56. The zero-order chi connectivity index (χ0) is 19.1. The molecule has 1 aliphatic heterocycles. The topological polar surface area (TPSA) is 61.9 Å². The molecular formula is C20H34N4OS. The molecule has 1 saturated heterocycles. The number of nitrogens with two attached hydrogens (primary N) is 1. The molecule has 6 heteroatoms. The molecule has 0 aromatic carbocycles. The van der Waals surface area contributed by atoms with Gasteiger partial charge < -0.3 is 15.5 Å². The second-order valence-corrected chi connectivity index (χ2v) is 8.12. The fourth-order valence-corrected chi connectivity index (χ4v) is 4.45. The summed E-state index contributed by atoms with van der Waals surface area (Å²) in [5, 5.41) is 0.839. The standard InChI is InChI=1S/C20H34N4OS/c1-5-8-9-15(6-2)20(25)24-12-10-23(11-13-24)19(22-4)17-14-16(7-3)26-18(17)21/h14-15H,5-13,21H2,1-4H3/t15-/m0/s1. The van der Waals surface area contributed by atoms with Gasteiger partial charge in [0.2, 0.25) is 5.91 Å². The van der Waals surface area contributed by atoms with Crippen molar-refractivity contribution in [2.45, 2.75) is 52.9 Å². The summed E-state index contributed by atoms with van der Waals surface area (Å²) in [6, 6.07) is 2.16. The molecule has 0 saturated carbocycles. The maximum Gasteiger partial charge on any atom is 0.225 e. The summed E-state index contributed by atoms with van der Waals surface area (Å²) in [7, 11) is 1.83. The number of carbonyl (C=O) groups excluding carboxylic acids is 1. The van der Waals surface area contributed by atoms with E-state index in [4.69, 9.17) is 5.73 Å². The minimum Gasteiger partial charge on any atom is -0.390 e. The van der Waals surface area contributed by atoms with Crippen LogP contribution in [0.4, 0.5) is 5.00 Å². The van der Waals surface area contributed by atoms with Gasteiger partial charge >= 0.3 is 0 Å². The summed E-state index contributed by atoms with van der Waals surface area (Å²) >= 11 is 1.65. The summed E-state index contributed by atoms with van der Waals surface area (Å²) < 4.78 is 0. The van der Waals surface area contributed by atoms with Crippen LogP contribution in [-0.2, 0) is 11.2 Å². The Balaban J connectivity index is 2.00. The van der Waals surface area contributed by atoms with Gasteiger partial charge in [-0.1, -0.05) is 33.6 Å². The zero-order valence-corrected chi connectivity index (χ0v) is 17.6. The summed E-state index contributed by atoms with van der Waals surface area (Å²) in [5.74, 6) is 1.47. The molecular weight excluding hydrogens is 344 g/mol. The van der Waals surface area contributed by atoms with E-state index in [2.05, 4.69) is 36.7 Å². The third kappa shape index (κ3) is 4.78. The van der Waals surface area contributed by atoms with Crippen LogP contribution in [-0.4, -0.2) is 54.8 Å². The SMILES string of the molecule is CCCC[C@H](CC)C(=O)N1CCN(C(=NC)c2cc(CC)sc2N)CC1. The van der Waals surface area contributed by atoms with Crippen LogP contribution in [0.5, 0.6) is 0 Å². The highest BCUT2D eigenvalue weighted by molar-refractivity contribution is 7.16. The average Bonchev–Trinajstić information content (AvgIpc) is 3.04. The van der Waals surface area contributed by atoms with E-state index in [1.807, 2.05) is 11.9 Å². The first-order chi connectivity index (χ1) is 12.5. The molecule has 1 amide bonds. The maximum atomic E-state index is 12.8. The highest BCUT2D eigenvalue weighted by Crippen LogP contribution is 2.27. The molecule has 2 rings (SSSR count). The number of rotatable bonds is 7. The fraction of sp³-hybridized carbons (Fsp3) is 0.700. The van der Waals surface area contributed by atoms with Crippen LogP contribution >= 0.6 is 11.3 Å². The molecule has 1 aromatic heterocycles. The van der Waals surface area contributed by atoms with Gasteiger partial charge in [-0.15, -0.1) is 11.3 Å². The lowest BCUT2D eigenvalue weighted by atomic mass is 9.97. The van der Waals surface area contributed by atoms with E-state index < -0.39 is 0 Å². The number of piperazine rings is 1. The molecule has 0 radical (unpaired) electrons. The number of aryl methyl sites for hydroxylation is 1. The Morgan fingerprint density at radius 1 is 1.23 bits per heavy atom. The van der Waals surface area contributed by atoms with Crippen LogP contribution in [0, 0.1) is 5.92 Å². The monoisotopic (exact) mass is 378 g/mol. The molecule has 1 aromatic rings. The van der Waals surface area contributed by atoms with Crippen LogP contribution in [0.25, 0.3) is 0 Å². The van der Waals surface area contributed by atoms with Gasteiger partial charge in [-0.25, -0.2) is 0 Å². The predicted octanol–water partition coefficient (Wildman–Crippen LogP) is 3.63. The second-order valence-electron chi connectivity index (χ2n) is 6.95. The van der Waals surface area contributed by atoms with Crippen molar-refractivity contribution in [1.82, 2.24) is 9.80 Å². The van der Waals surface area contributed by atoms with Gasteiger partial charge in [-0.3, -0.25) is 9.79 Å². The highest BCUT2D eigenvalue weighted by atomic mass is 32.1.